The van der Waals surface area contributed by atoms with E-state index in [0.717, 1.165) is 0 Å². The predicted octanol–water partition coefficient (Wildman–Crippen LogP) is 0.194. The smallest absolute Gasteiger partial charge is 0.330 e. The zero-order valence-electron chi connectivity index (χ0n) is 10.9. The molecule has 0 aromatic carbocycles. The van der Waals surface area contributed by atoms with E-state index in [2.05, 4.69) is 15.0 Å². The quantitative estimate of drug-likeness (QED) is 0.464. The van der Waals surface area contributed by atoms with Gasteiger partial charge in [-0.25, -0.2) is 4.79 Å². The van der Waals surface area contributed by atoms with Crippen molar-refractivity contribution in [2.75, 3.05) is 6.61 Å². The van der Waals surface area contributed by atoms with Crippen LogP contribution >= 0.6 is 0 Å². The van der Waals surface area contributed by atoms with E-state index >= 15 is 0 Å². The van der Waals surface area contributed by atoms with E-state index < -0.39 is 23.6 Å². The zero-order chi connectivity index (χ0) is 14.7. The second-order valence-electron chi connectivity index (χ2n) is 4.70. The van der Waals surface area contributed by atoms with Crippen molar-refractivity contribution in [1.29, 1.82) is 0 Å². The molecule has 1 saturated heterocycles. The first kappa shape index (κ1) is 14.3. The molecule has 2 N–H and O–H groups in total. The van der Waals surface area contributed by atoms with Gasteiger partial charge in [-0.3, -0.25) is 14.3 Å². The summed E-state index contributed by atoms with van der Waals surface area (Å²) in [6.07, 6.45) is 0.918. The highest BCUT2D eigenvalue weighted by atomic mass is 16.5. The molecule has 0 unspecified atom stereocenters. The summed E-state index contributed by atoms with van der Waals surface area (Å²) in [4.78, 5) is 28.1. The fourth-order valence-electron chi connectivity index (χ4n) is 2.23. The van der Waals surface area contributed by atoms with Crippen LogP contribution in [-0.2, 0) is 4.74 Å². The van der Waals surface area contributed by atoms with Crippen molar-refractivity contribution in [1.82, 2.24) is 9.55 Å². The second-order valence-corrected chi connectivity index (χ2v) is 4.70. The summed E-state index contributed by atoms with van der Waals surface area (Å²) in [5, 5.41) is 12.8. The number of nitrogens with one attached hydrogen (secondary N) is 1. The Labute approximate surface area is 113 Å². The maximum atomic E-state index is 11.8. The minimum absolute atomic E-state index is 0.231. The number of aliphatic hydroxyl groups is 1. The Morgan fingerprint density at radius 1 is 1.60 bits per heavy atom. The third-order valence-corrected chi connectivity index (χ3v) is 3.23. The molecule has 0 amide bonds. The second kappa shape index (κ2) is 5.91. The molecule has 3 atom stereocenters. The van der Waals surface area contributed by atoms with E-state index in [1.807, 2.05) is 0 Å². The number of H-pyrrole nitrogens is 1. The van der Waals surface area contributed by atoms with Gasteiger partial charge in [0.1, 0.15) is 6.23 Å². The first-order valence-electron chi connectivity index (χ1n) is 6.17. The Morgan fingerprint density at radius 2 is 2.35 bits per heavy atom. The molecular formula is C11H15N5O4. The molecule has 0 aliphatic carbocycles. The molecule has 20 heavy (non-hydrogen) atoms. The third-order valence-electron chi connectivity index (χ3n) is 3.23. The highest BCUT2D eigenvalue weighted by Crippen LogP contribution is 2.28. The topological polar surface area (TPSA) is 133 Å². The lowest BCUT2D eigenvalue weighted by molar-refractivity contribution is -0.114. The van der Waals surface area contributed by atoms with Crippen molar-refractivity contribution in [2.45, 2.75) is 38.1 Å². The highest BCUT2D eigenvalue weighted by molar-refractivity contribution is 5.01. The van der Waals surface area contributed by atoms with Gasteiger partial charge in [0, 0.05) is 29.1 Å². The van der Waals surface area contributed by atoms with Crippen LogP contribution in [0.4, 0.5) is 0 Å². The number of aromatic amines is 1. The average Bonchev–Trinajstić information content (AvgIpc) is 2.42. The van der Waals surface area contributed by atoms with Crippen LogP contribution in [0.2, 0.25) is 0 Å². The van der Waals surface area contributed by atoms with Crippen LogP contribution in [-0.4, -0.2) is 33.4 Å². The fraction of sp³-hybridized carbons (Fsp3) is 0.636. The van der Waals surface area contributed by atoms with E-state index in [1.54, 1.807) is 6.92 Å². The van der Waals surface area contributed by atoms with Gasteiger partial charge in [0.05, 0.1) is 12.7 Å². The van der Waals surface area contributed by atoms with Gasteiger partial charge in [0.15, 0.2) is 0 Å². The van der Waals surface area contributed by atoms with Gasteiger partial charge in [0.2, 0.25) is 0 Å². The van der Waals surface area contributed by atoms with Crippen LogP contribution < -0.4 is 11.2 Å². The van der Waals surface area contributed by atoms with Gasteiger partial charge >= 0.3 is 5.69 Å². The molecule has 2 rings (SSSR count). The Balaban J connectivity index is 2.35. The maximum Gasteiger partial charge on any atom is 0.330 e. The molecule has 9 nitrogen and oxygen atoms in total. The highest BCUT2D eigenvalue weighted by Gasteiger charge is 2.30. The Bertz CT molecular complexity index is 645. The van der Waals surface area contributed by atoms with Gasteiger partial charge in [0.25, 0.3) is 5.56 Å². The van der Waals surface area contributed by atoms with Crippen LogP contribution in [0.5, 0.6) is 0 Å². The molecule has 1 aliphatic heterocycles. The molecule has 9 heteroatoms. The van der Waals surface area contributed by atoms with Crippen LogP contribution in [0.1, 0.15) is 24.6 Å². The number of rotatable bonds is 3. The monoisotopic (exact) mass is 281 g/mol. The Kier molecular flexibility index (Phi) is 4.23. The van der Waals surface area contributed by atoms with Crippen molar-refractivity contribution in [3.05, 3.63) is 43.0 Å². The van der Waals surface area contributed by atoms with Crippen molar-refractivity contribution >= 4 is 0 Å². The van der Waals surface area contributed by atoms with E-state index in [0.29, 0.717) is 18.4 Å². The average molecular weight is 281 g/mol. The normalized spacial score (nSPS) is 26.0. The molecule has 108 valence electrons. The van der Waals surface area contributed by atoms with Crippen molar-refractivity contribution in [2.24, 2.45) is 5.11 Å². The van der Waals surface area contributed by atoms with Crippen LogP contribution in [0.3, 0.4) is 0 Å². The zero-order valence-corrected chi connectivity index (χ0v) is 10.9. The minimum Gasteiger partial charge on any atom is -0.394 e. The summed E-state index contributed by atoms with van der Waals surface area (Å²) in [6, 6.07) is -0.366. The lowest BCUT2D eigenvalue weighted by Crippen LogP contribution is -2.41. The molecule has 1 fully saturated rings. The first-order valence-corrected chi connectivity index (χ1v) is 6.17. The number of hydrogen-bond donors (Lipinski definition) is 2. The van der Waals surface area contributed by atoms with Gasteiger partial charge < -0.3 is 9.84 Å². The van der Waals surface area contributed by atoms with Crippen LogP contribution in [0.25, 0.3) is 10.4 Å². The molecular weight excluding hydrogens is 266 g/mol. The number of ether oxygens (including phenoxy) is 1. The summed E-state index contributed by atoms with van der Waals surface area (Å²) in [5.74, 6) is 0. The molecule has 0 radical (unpaired) electrons. The van der Waals surface area contributed by atoms with Gasteiger partial charge in [-0.2, -0.15) is 0 Å². The first-order chi connectivity index (χ1) is 9.55. The number of aryl methyl sites for hydroxylation is 1. The summed E-state index contributed by atoms with van der Waals surface area (Å²) in [5.41, 5.74) is 7.84. The number of aliphatic hydroxyl groups excluding tert-OH is 1. The molecule has 1 aromatic rings. The molecule has 0 spiro atoms. The van der Waals surface area contributed by atoms with E-state index in [4.69, 9.17) is 10.3 Å². The van der Waals surface area contributed by atoms with Gasteiger partial charge in [-0.05, 0) is 18.9 Å². The number of hydrogen-bond acceptors (Lipinski definition) is 5. The largest absolute Gasteiger partial charge is 0.394 e. The van der Waals surface area contributed by atoms with Crippen molar-refractivity contribution in [3.8, 4) is 0 Å². The number of nitrogens with zero attached hydrogens (tertiary/aromatic N) is 4. The summed E-state index contributed by atoms with van der Waals surface area (Å²) in [7, 11) is 0. The standard InChI is InChI=1S/C11H15N5O4/c1-6-4-16(11(19)13-10(6)18)9-3-7(14-15-12)2-8(5-17)20-9/h4,7-9,17H,2-3,5H2,1H3,(H,13,18,19)/t7-,8-,9-/m0/s1. The summed E-state index contributed by atoms with van der Waals surface area (Å²) in [6.45, 7) is 1.34. The van der Waals surface area contributed by atoms with E-state index in [-0.39, 0.29) is 12.6 Å². The molecule has 2 heterocycles. The maximum absolute atomic E-state index is 11.8. The lowest BCUT2D eigenvalue weighted by Gasteiger charge is -2.33. The fourth-order valence-corrected chi connectivity index (χ4v) is 2.23. The summed E-state index contributed by atoms with van der Waals surface area (Å²) < 4.78 is 6.83. The Morgan fingerprint density at radius 3 is 3.00 bits per heavy atom. The van der Waals surface area contributed by atoms with Crippen molar-refractivity contribution in [3.63, 3.8) is 0 Å². The van der Waals surface area contributed by atoms with E-state index in [1.165, 1.54) is 10.8 Å². The van der Waals surface area contributed by atoms with Gasteiger partial charge in [-0.15, -0.1) is 0 Å². The SMILES string of the molecule is Cc1cn([C@@H]2C[C@@H](N=[N+]=[N-])C[C@@H](CO)O2)c(=O)[nH]c1=O. The minimum atomic E-state index is -0.681. The van der Waals surface area contributed by atoms with Crippen LogP contribution in [0, 0.1) is 6.92 Å². The molecule has 1 aliphatic rings. The predicted molar refractivity (Wildman–Crippen MR) is 69.2 cm³/mol. The third kappa shape index (κ3) is 2.90. The molecule has 0 saturated carbocycles. The molecule has 0 bridgehead atoms. The van der Waals surface area contributed by atoms with Crippen molar-refractivity contribution < 1.29 is 9.84 Å². The van der Waals surface area contributed by atoms with E-state index in [9.17, 15) is 14.7 Å². The number of aromatic nitrogens is 2. The van der Waals surface area contributed by atoms with Crippen LogP contribution in [0.15, 0.2) is 20.9 Å². The molecule has 1 aromatic heterocycles. The van der Waals surface area contributed by atoms with Gasteiger partial charge in [-0.1, -0.05) is 5.11 Å². The lowest BCUT2D eigenvalue weighted by atomic mass is 10.0. The number of azide groups is 1. The Hall–Kier alpha value is -2.09. The summed E-state index contributed by atoms with van der Waals surface area (Å²) >= 11 is 0.